The molecule has 1 fully saturated rings. The molecule has 18 heavy (non-hydrogen) atoms. The van der Waals surface area contributed by atoms with Crippen molar-refractivity contribution in [3.05, 3.63) is 36.0 Å². The monoisotopic (exact) mass is 243 g/mol. The van der Waals surface area contributed by atoms with Crippen LogP contribution in [0.15, 0.2) is 30.5 Å². The van der Waals surface area contributed by atoms with Gasteiger partial charge in [-0.05, 0) is 37.5 Å². The van der Waals surface area contributed by atoms with Gasteiger partial charge < -0.3 is 9.84 Å². The van der Waals surface area contributed by atoms with Crippen LogP contribution in [0.25, 0.3) is 10.9 Å². The highest BCUT2D eigenvalue weighted by Gasteiger charge is 2.40. The normalized spacial score (nSPS) is 16.8. The van der Waals surface area contributed by atoms with Gasteiger partial charge >= 0.3 is 0 Å². The SMILES string of the molecule is CCOc1ccc(CC2(O)CC2)c2cccnc12. The average molecular weight is 243 g/mol. The van der Waals surface area contributed by atoms with Crippen LogP contribution >= 0.6 is 0 Å². The molecule has 0 amide bonds. The summed E-state index contributed by atoms with van der Waals surface area (Å²) in [4.78, 5) is 4.40. The van der Waals surface area contributed by atoms with Gasteiger partial charge in [0, 0.05) is 18.0 Å². The molecule has 0 spiro atoms. The molecule has 3 rings (SSSR count). The lowest BCUT2D eigenvalue weighted by molar-refractivity contribution is 0.151. The van der Waals surface area contributed by atoms with Gasteiger partial charge in [0.2, 0.25) is 0 Å². The Labute approximate surface area is 106 Å². The van der Waals surface area contributed by atoms with E-state index in [1.54, 1.807) is 6.20 Å². The van der Waals surface area contributed by atoms with Gasteiger partial charge in [-0.2, -0.15) is 0 Å². The molecule has 3 nitrogen and oxygen atoms in total. The number of fused-ring (bicyclic) bond motifs is 1. The predicted molar refractivity (Wildman–Crippen MR) is 70.8 cm³/mol. The average Bonchev–Trinajstić information content (AvgIpc) is 3.11. The van der Waals surface area contributed by atoms with Gasteiger partial charge in [-0.1, -0.05) is 12.1 Å². The van der Waals surface area contributed by atoms with Crippen molar-refractivity contribution < 1.29 is 9.84 Å². The summed E-state index contributed by atoms with van der Waals surface area (Å²) in [6.45, 7) is 2.60. The molecule has 1 aromatic carbocycles. The van der Waals surface area contributed by atoms with Crippen LogP contribution in [-0.4, -0.2) is 22.3 Å². The van der Waals surface area contributed by atoms with Gasteiger partial charge in [-0.15, -0.1) is 0 Å². The van der Waals surface area contributed by atoms with Crippen LogP contribution in [-0.2, 0) is 6.42 Å². The highest BCUT2D eigenvalue weighted by molar-refractivity contribution is 5.87. The summed E-state index contributed by atoms with van der Waals surface area (Å²) in [6, 6.07) is 7.98. The molecule has 0 saturated heterocycles. The number of nitrogens with zero attached hydrogens (tertiary/aromatic N) is 1. The Morgan fingerprint density at radius 2 is 2.17 bits per heavy atom. The van der Waals surface area contributed by atoms with E-state index in [0.717, 1.165) is 35.1 Å². The Balaban J connectivity index is 2.07. The number of pyridine rings is 1. The third-order valence-electron chi connectivity index (χ3n) is 3.47. The van der Waals surface area contributed by atoms with Gasteiger partial charge in [0.05, 0.1) is 12.2 Å². The van der Waals surface area contributed by atoms with Gasteiger partial charge in [0.25, 0.3) is 0 Å². The van der Waals surface area contributed by atoms with Crippen molar-refractivity contribution in [3.8, 4) is 5.75 Å². The molecule has 0 radical (unpaired) electrons. The predicted octanol–water partition coefficient (Wildman–Crippen LogP) is 2.70. The standard InChI is InChI=1S/C15H17NO2/c1-2-18-13-6-5-11(10-15(17)7-8-15)12-4-3-9-16-14(12)13/h3-6,9,17H,2,7-8,10H2,1H3. The molecule has 1 aliphatic rings. The van der Waals surface area contributed by atoms with E-state index in [4.69, 9.17) is 4.74 Å². The summed E-state index contributed by atoms with van der Waals surface area (Å²) in [7, 11) is 0. The minimum absolute atomic E-state index is 0.476. The smallest absolute Gasteiger partial charge is 0.145 e. The number of hydrogen-bond donors (Lipinski definition) is 1. The first-order chi connectivity index (χ1) is 8.72. The minimum Gasteiger partial charge on any atom is -0.492 e. The Morgan fingerprint density at radius 1 is 1.33 bits per heavy atom. The number of ether oxygens (including phenoxy) is 1. The topological polar surface area (TPSA) is 42.4 Å². The molecule has 0 aliphatic heterocycles. The van der Waals surface area contributed by atoms with E-state index >= 15 is 0 Å². The molecule has 1 aliphatic carbocycles. The second-order valence-corrected chi connectivity index (χ2v) is 4.96. The highest BCUT2D eigenvalue weighted by Crippen LogP contribution is 2.40. The molecule has 94 valence electrons. The maximum Gasteiger partial charge on any atom is 0.145 e. The maximum atomic E-state index is 10.1. The number of benzene rings is 1. The molecule has 0 unspecified atom stereocenters. The van der Waals surface area contributed by atoms with E-state index in [9.17, 15) is 5.11 Å². The zero-order valence-electron chi connectivity index (χ0n) is 10.5. The van der Waals surface area contributed by atoms with Crippen molar-refractivity contribution in [2.24, 2.45) is 0 Å². The quantitative estimate of drug-likeness (QED) is 0.897. The number of aromatic nitrogens is 1. The second-order valence-electron chi connectivity index (χ2n) is 4.96. The van der Waals surface area contributed by atoms with Crippen LogP contribution in [0.2, 0.25) is 0 Å². The fourth-order valence-corrected chi connectivity index (χ4v) is 2.31. The molecular formula is C15H17NO2. The van der Waals surface area contributed by atoms with Crippen molar-refractivity contribution in [3.63, 3.8) is 0 Å². The Morgan fingerprint density at radius 3 is 2.89 bits per heavy atom. The molecule has 1 saturated carbocycles. The van der Waals surface area contributed by atoms with E-state index in [1.165, 1.54) is 0 Å². The van der Waals surface area contributed by atoms with Crippen LogP contribution < -0.4 is 4.74 Å². The van der Waals surface area contributed by atoms with E-state index < -0.39 is 5.60 Å². The van der Waals surface area contributed by atoms with Gasteiger partial charge in [0.15, 0.2) is 0 Å². The van der Waals surface area contributed by atoms with E-state index in [-0.39, 0.29) is 0 Å². The molecule has 3 heteroatoms. The van der Waals surface area contributed by atoms with E-state index in [1.807, 2.05) is 31.2 Å². The summed E-state index contributed by atoms with van der Waals surface area (Å²) < 4.78 is 5.59. The van der Waals surface area contributed by atoms with Crippen molar-refractivity contribution in [2.45, 2.75) is 31.8 Å². The molecule has 0 bridgehead atoms. The number of hydrogen-bond acceptors (Lipinski definition) is 3. The minimum atomic E-state index is -0.476. The highest BCUT2D eigenvalue weighted by atomic mass is 16.5. The van der Waals surface area contributed by atoms with Gasteiger partial charge in [-0.3, -0.25) is 4.98 Å². The van der Waals surface area contributed by atoms with Crippen molar-refractivity contribution >= 4 is 10.9 Å². The van der Waals surface area contributed by atoms with Gasteiger partial charge in [0.1, 0.15) is 11.3 Å². The first-order valence-electron chi connectivity index (χ1n) is 6.44. The fraction of sp³-hybridized carbons (Fsp3) is 0.400. The first-order valence-corrected chi connectivity index (χ1v) is 6.44. The first kappa shape index (κ1) is 11.5. The van der Waals surface area contributed by atoms with Crippen molar-refractivity contribution in [1.29, 1.82) is 0 Å². The second kappa shape index (κ2) is 4.25. The third kappa shape index (κ3) is 2.06. The summed E-state index contributed by atoms with van der Waals surface area (Å²) in [6.07, 6.45) is 4.30. The number of rotatable bonds is 4. The van der Waals surface area contributed by atoms with Crippen LogP contribution in [0.3, 0.4) is 0 Å². The zero-order chi connectivity index (χ0) is 12.6. The summed E-state index contributed by atoms with van der Waals surface area (Å²) in [5, 5.41) is 11.1. The van der Waals surface area contributed by atoms with Crippen molar-refractivity contribution in [2.75, 3.05) is 6.61 Å². The van der Waals surface area contributed by atoms with Crippen LogP contribution in [0, 0.1) is 0 Å². The maximum absolute atomic E-state index is 10.1. The Hall–Kier alpha value is -1.61. The summed E-state index contributed by atoms with van der Waals surface area (Å²) in [5.41, 5.74) is 1.57. The van der Waals surface area contributed by atoms with Gasteiger partial charge in [-0.25, -0.2) is 0 Å². The Bertz CT molecular complexity index is 576. The van der Waals surface area contributed by atoms with Crippen LogP contribution in [0.5, 0.6) is 5.75 Å². The third-order valence-corrected chi connectivity index (χ3v) is 3.47. The Kier molecular flexibility index (Phi) is 2.71. The van der Waals surface area contributed by atoms with Crippen LogP contribution in [0.1, 0.15) is 25.3 Å². The van der Waals surface area contributed by atoms with Crippen molar-refractivity contribution in [1.82, 2.24) is 4.98 Å². The lowest BCUT2D eigenvalue weighted by Gasteiger charge is -2.13. The van der Waals surface area contributed by atoms with Crippen LogP contribution in [0.4, 0.5) is 0 Å². The molecular weight excluding hydrogens is 226 g/mol. The fourth-order valence-electron chi connectivity index (χ4n) is 2.31. The molecule has 0 atom stereocenters. The summed E-state index contributed by atoms with van der Waals surface area (Å²) >= 11 is 0. The lowest BCUT2D eigenvalue weighted by atomic mass is 10.0. The molecule has 1 N–H and O–H groups in total. The zero-order valence-corrected chi connectivity index (χ0v) is 10.5. The summed E-state index contributed by atoms with van der Waals surface area (Å²) in [5.74, 6) is 0.819. The van der Waals surface area contributed by atoms with E-state index in [0.29, 0.717) is 13.0 Å². The molecule has 2 aromatic rings. The number of aliphatic hydroxyl groups is 1. The lowest BCUT2D eigenvalue weighted by Crippen LogP contribution is -2.11. The van der Waals surface area contributed by atoms with E-state index in [2.05, 4.69) is 4.98 Å². The largest absolute Gasteiger partial charge is 0.492 e. The molecule has 1 aromatic heterocycles. The molecule has 1 heterocycles.